The van der Waals surface area contributed by atoms with Crippen molar-refractivity contribution in [1.29, 1.82) is 0 Å². The molecule has 0 atom stereocenters. The van der Waals surface area contributed by atoms with E-state index in [1.54, 1.807) is 6.08 Å². The second kappa shape index (κ2) is 7.92. The molecule has 2 heterocycles. The summed E-state index contributed by atoms with van der Waals surface area (Å²) in [5.74, 6) is 1.06. The first kappa shape index (κ1) is 20.7. The summed E-state index contributed by atoms with van der Waals surface area (Å²) < 4.78 is 5.97. The van der Waals surface area contributed by atoms with Gasteiger partial charge in [0.2, 0.25) is 5.91 Å². The maximum absolute atomic E-state index is 12.7. The fraction of sp³-hybridized carbons (Fsp3) is 0.423. The Bertz CT molecular complexity index is 946. The molecule has 1 amide bonds. The molecule has 0 bridgehead atoms. The van der Waals surface area contributed by atoms with Crippen LogP contribution in [0.5, 0.6) is 5.75 Å². The quantitative estimate of drug-likeness (QED) is 0.771. The monoisotopic (exact) mass is 404 g/mol. The minimum atomic E-state index is 0.0177. The predicted molar refractivity (Wildman–Crippen MR) is 121 cm³/mol. The van der Waals surface area contributed by atoms with Crippen LogP contribution in [0, 0.1) is 0 Å². The van der Waals surface area contributed by atoms with Crippen molar-refractivity contribution in [2.24, 2.45) is 5.73 Å². The number of carbonyl (C=O) groups excluding carboxylic acids is 1. The number of piperidine rings is 1. The van der Waals surface area contributed by atoms with Crippen LogP contribution < -0.4 is 10.5 Å². The normalized spacial score (nSPS) is 17.9. The van der Waals surface area contributed by atoms with Crippen molar-refractivity contribution in [2.45, 2.75) is 51.0 Å². The summed E-state index contributed by atoms with van der Waals surface area (Å²) in [6, 6.07) is 14.7. The van der Waals surface area contributed by atoms with Crippen LogP contribution in [0.2, 0.25) is 0 Å². The molecule has 1 saturated heterocycles. The molecule has 2 N–H and O–H groups in total. The van der Waals surface area contributed by atoms with Crippen LogP contribution >= 0.6 is 0 Å². The van der Waals surface area contributed by atoms with Gasteiger partial charge in [0.15, 0.2) is 0 Å². The minimum absolute atomic E-state index is 0.0177. The lowest BCUT2D eigenvalue weighted by molar-refractivity contribution is -0.127. The molecule has 1 spiro atoms. The lowest BCUT2D eigenvalue weighted by Crippen LogP contribution is -2.45. The summed E-state index contributed by atoms with van der Waals surface area (Å²) in [4.78, 5) is 14.7. The second-order valence-electron chi connectivity index (χ2n) is 9.63. The molecule has 4 nitrogen and oxygen atoms in total. The molecule has 0 radical (unpaired) electrons. The Morgan fingerprint density at radius 1 is 1.13 bits per heavy atom. The zero-order valence-corrected chi connectivity index (χ0v) is 18.3. The first-order valence-corrected chi connectivity index (χ1v) is 10.8. The van der Waals surface area contributed by atoms with Crippen molar-refractivity contribution < 1.29 is 9.53 Å². The van der Waals surface area contributed by atoms with Gasteiger partial charge in [-0.1, -0.05) is 57.2 Å². The maximum atomic E-state index is 12.7. The molecule has 158 valence electrons. The number of amides is 1. The number of hydrogen-bond acceptors (Lipinski definition) is 3. The Morgan fingerprint density at radius 3 is 2.47 bits per heavy atom. The van der Waals surface area contributed by atoms with Gasteiger partial charge in [0.25, 0.3) is 0 Å². The average molecular weight is 405 g/mol. The lowest BCUT2D eigenvalue weighted by Gasteiger charge is -2.38. The van der Waals surface area contributed by atoms with Crippen LogP contribution in [0.4, 0.5) is 0 Å². The Labute approximate surface area is 179 Å². The highest BCUT2D eigenvalue weighted by atomic mass is 16.5. The van der Waals surface area contributed by atoms with Gasteiger partial charge < -0.3 is 15.4 Å². The first-order valence-electron chi connectivity index (χ1n) is 10.8. The van der Waals surface area contributed by atoms with Crippen molar-refractivity contribution >= 4 is 12.0 Å². The van der Waals surface area contributed by atoms with Crippen molar-refractivity contribution in [2.75, 3.05) is 19.7 Å². The summed E-state index contributed by atoms with van der Waals surface area (Å²) in [6.07, 6.45) is 5.47. The predicted octanol–water partition coefficient (Wildman–Crippen LogP) is 4.41. The first-order chi connectivity index (χ1) is 14.3. The number of hydrogen-bond donors (Lipinski definition) is 1. The third kappa shape index (κ3) is 4.01. The molecule has 1 fully saturated rings. The largest absolute Gasteiger partial charge is 0.492 e. The van der Waals surface area contributed by atoms with Gasteiger partial charge in [-0.05, 0) is 47.1 Å². The van der Waals surface area contributed by atoms with E-state index in [4.69, 9.17) is 10.5 Å². The van der Waals surface area contributed by atoms with Gasteiger partial charge in [-0.2, -0.15) is 0 Å². The van der Waals surface area contributed by atoms with Gasteiger partial charge in [0, 0.05) is 36.7 Å². The van der Waals surface area contributed by atoms with Crippen LogP contribution in [0.15, 0.2) is 48.5 Å². The average Bonchev–Trinajstić information content (AvgIpc) is 3.09. The van der Waals surface area contributed by atoms with Gasteiger partial charge >= 0.3 is 0 Å². The summed E-state index contributed by atoms with van der Waals surface area (Å²) in [7, 11) is 0. The molecule has 2 aliphatic heterocycles. The molecule has 0 unspecified atom stereocenters. The lowest BCUT2D eigenvalue weighted by atomic mass is 9.74. The van der Waals surface area contributed by atoms with Crippen LogP contribution in [0.3, 0.4) is 0 Å². The summed E-state index contributed by atoms with van der Waals surface area (Å²) in [5.41, 5.74) is 10.7. The van der Waals surface area contributed by atoms with Crippen molar-refractivity contribution in [3.8, 4) is 5.75 Å². The molecule has 30 heavy (non-hydrogen) atoms. The van der Waals surface area contributed by atoms with Gasteiger partial charge in [0.05, 0.1) is 6.61 Å². The molecule has 2 aromatic rings. The van der Waals surface area contributed by atoms with Crippen molar-refractivity contribution in [3.05, 3.63) is 70.8 Å². The van der Waals surface area contributed by atoms with E-state index < -0.39 is 0 Å². The molecule has 4 rings (SSSR count). The van der Waals surface area contributed by atoms with Gasteiger partial charge in [-0.3, -0.25) is 4.79 Å². The fourth-order valence-corrected chi connectivity index (χ4v) is 4.47. The Kier molecular flexibility index (Phi) is 5.46. The van der Waals surface area contributed by atoms with Crippen molar-refractivity contribution in [3.63, 3.8) is 0 Å². The van der Waals surface area contributed by atoms with E-state index in [0.717, 1.165) is 42.8 Å². The summed E-state index contributed by atoms with van der Waals surface area (Å²) >= 11 is 0. The van der Waals surface area contributed by atoms with Crippen molar-refractivity contribution in [1.82, 2.24) is 4.90 Å². The molecular formula is C26H32N2O2. The number of likely N-dealkylation sites (tertiary alicyclic amines) is 1. The Hall–Kier alpha value is -2.59. The molecule has 4 heteroatoms. The Morgan fingerprint density at radius 2 is 1.83 bits per heavy atom. The van der Waals surface area contributed by atoms with E-state index in [-0.39, 0.29) is 16.7 Å². The van der Waals surface area contributed by atoms with Gasteiger partial charge in [0.1, 0.15) is 5.75 Å². The SMILES string of the molecule is CC(C)(C)c1ccc(/C=C/C(=O)N2CCC3(CC2)COc2ccc(CN)cc23)cc1. The molecule has 0 aliphatic carbocycles. The topological polar surface area (TPSA) is 55.6 Å². The number of nitrogens with zero attached hydrogens (tertiary/aromatic N) is 1. The highest BCUT2D eigenvalue weighted by Crippen LogP contribution is 2.45. The van der Waals surface area contributed by atoms with E-state index in [2.05, 4.69) is 51.1 Å². The number of nitrogens with two attached hydrogens (primary N) is 1. The van der Waals surface area contributed by atoms with E-state index in [1.165, 1.54) is 11.1 Å². The highest BCUT2D eigenvalue weighted by Gasteiger charge is 2.43. The number of carbonyl (C=O) groups is 1. The van der Waals surface area contributed by atoms with E-state index in [1.807, 2.05) is 23.1 Å². The highest BCUT2D eigenvalue weighted by molar-refractivity contribution is 5.91. The number of rotatable bonds is 3. The van der Waals surface area contributed by atoms with Crippen LogP contribution in [-0.4, -0.2) is 30.5 Å². The molecular weight excluding hydrogens is 372 g/mol. The maximum Gasteiger partial charge on any atom is 0.246 e. The second-order valence-corrected chi connectivity index (χ2v) is 9.63. The number of ether oxygens (including phenoxy) is 1. The van der Waals surface area contributed by atoms with Crippen LogP contribution in [0.25, 0.3) is 6.08 Å². The number of fused-ring (bicyclic) bond motifs is 2. The number of benzene rings is 2. The summed E-state index contributed by atoms with van der Waals surface area (Å²) in [5, 5.41) is 0. The third-order valence-electron chi connectivity index (χ3n) is 6.58. The van der Waals surface area contributed by atoms with Gasteiger partial charge in [-0.25, -0.2) is 0 Å². The standard InChI is InChI=1S/C26H32N2O2/c1-25(2,3)21-8-4-19(5-9-21)7-11-24(29)28-14-12-26(13-15-28)18-30-23-10-6-20(17-27)16-22(23)26/h4-11,16H,12-15,17-18,27H2,1-3H3/b11-7+. The van der Waals surface area contributed by atoms with E-state index in [0.29, 0.717) is 13.2 Å². The zero-order valence-electron chi connectivity index (χ0n) is 18.3. The fourth-order valence-electron chi connectivity index (χ4n) is 4.47. The van der Waals surface area contributed by atoms with Gasteiger partial charge in [-0.15, -0.1) is 0 Å². The zero-order chi connectivity index (χ0) is 21.4. The molecule has 0 saturated carbocycles. The van der Waals surface area contributed by atoms with E-state index in [9.17, 15) is 4.79 Å². The van der Waals surface area contributed by atoms with E-state index >= 15 is 0 Å². The molecule has 2 aromatic carbocycles. The summed E-state index contributed by atoms with van der Waals surface area (Å²) in [6.45, 7) is 9.35. The smallest absolute Gasteiger partial charge is 0.246 e. The van der Waals surface area contributed by atoms with Crippen LogP contribution in [0.1, 0.15) is 55.9 Å². The minimum Gasteiger partial charge on any atom is -0.492 e. The molecule has 2 aliphatic rings. The molecule has 0 aromatic heterocycles. The van der Waals surface area contributed by atoms with Crippen LogP contribution in [-0.2, 0) is 22.2 Å². The Balaban J connectivity index is 1.39. The third-order valence-corrected chi connectivity index (χ3v) is 6.58.